The monoisotopic (exact) mass is 371 g/mol. The molecule has 7 nitrogen and oxygen atoms in total. The lowest BCUT2D eigenvalue weighted by molar-refractivity contribution is -0.119. The number of rotatable bonds is 10. The van der Waals surface area contributed by atoms with E-state index in [4.69, 9.17) is 10.5 Å². The first kappa shape index (κ1) is 21.2. The van der Waals surface area contributed by atoms with Crippen LogP contribution in [0, 0.1) is 5.92 Å². The summed E-state index contributed by atoms with van der Waals surface area (Å²) in [4.78, 5) is 12.0. The van der Waals surface area contributed by atoms with Gasteiger partial charge in [0.2, 0.25) is 15.9 Å². The van der Waals surface area contributed by atoms with Gasteiger partial charge in [-0.25, -0.2) is 8.42 Å². The van der Waals surface area contributed by atoms with Gasteiger partial charge in [-0.05, 0) is 50.5 Å². The third kappa shape index (κ3) is 8.74. The molecule has 0 radical (unpaired) electrons. The molecule has 1 atom stereocenters. The van der Waals surface area contributed by atoms with Crippen LogP contribution < -0.4 is 20.5 Å². The zero-order chi connectivity index (χ0) is 19.0. The van der Waals surface area contributed by atoms with Gasteiger partial charge in [0, 0.05) is 18.3 Å². The fourth-order valence-corrected chi connectivity index (χ4v) is 3.31. The molecular formula is C17H29N3O4S. The number of hydrogen-bond acceptors (Lipinski definition) is 5. The van der Waals surface area contributed by atoms with Crippen LogP contribution >= 0.6 is 0 Å². The molecule has 0 aliphatic rings. The first-order chi connectivity index (χ1) is 11.6. The molecule has 0 saturated heterocycles. The number of anilines is 1. The molecule has 0 saturated carbocycles. The fourth-order valence-electron chi connectivity index (χ4n) is 2.31. The minimum absolute atomic E-state index is 0.0348. The van der Waals surface area contributed by atoms with Crippen LogP contribution in [0.25, 0.3) is 0 Å². The largest absolute Gasteiger partial charge is 0.491 e. The van der Waals surface area contributed by atoms with E-state index >= 15 is 0 Å². The molecule has 1 rings (SSSR count). The Hall–Kier alpha value is -1.80. The van der Waals surface area contributed by atoms with E-state index in [1.165, 1.54) is 0 Å². The van der Waals surface area contributed by atoms with Gasteiger partial charge in [-0.3, -0.25) is 9.52 Å². The van der Waals surface area contributed by atoms with Crippen molar-refractivity contribution >= 4 is 21.6 Å². The van der Waals surface area contributed by atoms with Gasteiger partial charge < -0.3 is 15.8 Å². The van der Waals surface area contributed by atoms with Crippen LogP contribution in [0.3, 0.4) is 0 Å². The Morgan fingerprint density at radius 1 is 1.16 bits per heavy atom. The molecule has 142 valence electrons. The van der Waals surface area contributed by atoms with Gasteiger partial charge in [-0.2, -0.15) is 0 Å². The molecular weight excluding hydrogens is 342 g/mol. The number of sulfonamides is 1. The summed E-state index contributed by atoms with van der Waals surface area (Å²) in [6.07, 6.45) is 0.736. The van der Waals surface area contributed by atoms with Crippen molar-refractivity contribution in [1.29, 1.82) is 0 Å². The third-order valence-corrected chi connectivity index (χ3v) is 4.42. The van der Waals surface area contributed by atoms with E-state index in [2.05, 4.69) is 10.0 Å². The van der Waals surface area contributed by atoms with Crippen LogP contribution in [0.1, 0.15) is 34.1 Å². The summed E-state index contributed by atoms with van der Waals surface area (Å²) in [7, 11) is -3.80. The summed E-state index contributed by atoms with van der Waals surface area (Å²) in [5, 5.41) is 2.67. The van der Waals surface area contributed by atoms with Crippen molar-refractivity contribution in [1.82, 2.24) is 5.32 Å². The predicted molar refractivity (Wildman–Crippen MR) is 100 cm³/mol. The number of carbonyl (C=O) groups is 1. The van der Waals surface area contributed by atoms with Gasteiger partial charge in [0.1, 0.15) is 11.5 Å². The predicted octanol–water partition coefficient (Wildman–Crippen LogP) is 1.71. The van der Waals surface area contributed by atoms with Crippen molar-refractivity contribution in [2.75, 3.05) is 17.0 Å². The second kappa shape index (κ2) is 9.62. The minimum Gasteiger partial charge on any atom is -0.491 e. The lowest BCUT2D eigenvalue weighted by atomic mass is 10.0. The van der Waals surface area contributed by atoms with E-state index in [0.717, 1.165) is 0 Å². The SMILES string of the molecule is CC(C)CC(CN)NC(=O)CS(=O)(=O)Nc1ccc(OC(C)C)cc1. The van der Waals surface area contributed by atoms with E-state index in [1.807, 2.05) is 27.7 Å². The van der Waals surface area contributed by atoms with Crippen molar-refractivity contribution in [2.45, 2.75) is 46.3 Å². The summed E-state index contributed by atoms with van der Waals surface area (Å²) in [6, 6.07) is 6.30. The third-order valence-electron chi connectivity index (χ3n) is 3.23. The molecule has 0 bridgehead atoms. The van der Waals surface area contributed by atoms with Crippen molar-refractivity contribution in [3.05, 3.63) is 24.3 Å². The van der Waals surface area contributed by atoms with Crippen LogP contribution in [0.2, 0.25) is 0 Å². The number of amides is 1. The zero-order valence-corrected chi connectivity index (χ0v) is 16.1. The number of carbonyl (C=O) groups excluding carboxylic acids is 1. The Labute approximate surface area is 150 Å². The van der Waals surface area contributed by atoms with Crippen molar-refractivity contribution < 1.29 is 17.9 Å². The summed E-state index contributed by atoms with van der Waals surface area (Å²) in [5.74, 6) is -0.208. The van der Waals surface area contributed by atoms with Gasteiger partial charge in [-0.1, -0.05) is 13.8 Å². The van der Waals surface area contributed by atoms with Crippen molar-refractivity contribution in [3.8, 4) is 5.75 Å². The molecule has 0 aromatic heterocycles. The minimum atomic E-state index is -3.80. The van der Waals surface area contributed by atoms with Crippen molar-refractivity contribution in [2.24, 2.45) is 11.7 Å². The molecule has 0 spiro atoms. The Morgan fingerprint density at radius 2 is 1.76 bits per heavy atom. The summed E-state index contributed by atoms with van der Waals surface area (Å²) in [5.41, 5.74) is 5.99. The summed E-state index contributed by atoms with van der Waals surface area (Å²) >= 11 is 0. The van der Waals surface area contributed by atoms with E-state index < -0.39 is 21.7 Å². The normalized spacial score (nSPS) is 12.9. The molecule has 8 heteroatoms. The highest BCUT2D eigenvalue weighted by Crippen LogP contribution is 2.17. The lowest BCUT2D eigenvalue weighted by Gasteiger charge is -2.19. The van der Waals surface area contributed by atoms with Crippen LogP contribution in [0.15, 0.2) is 24.3 Å². The molecule has 0 heterocycles. The van der Waals surface area contributed by atoms with E-state index in [-0.39, 0.29) is 18.7 Å². The number of hydrogen-bond donors (Lipinski definition) is 3. The molecule has 0 aliphatic carbocycles. The molecule has 1 aromatic carbocycles. The average molecular weight is 372 g/mol. The number of benzene rings is 1. The maximum atomic E-state index is 12.1. The van der Waals surface area contributed by atoms with Crippen LogP contribution in [0.5, 0.6) is 5.75 Å². The Morgan fingerprint density at radius 3 is 2.24 bits per heavy atom. The van der Waals surface area contributed by atoms with Gasteiger partial charge in [0.25, 0.3) is 0 Å². The number of nitrogens with one attached hydrogen (secondary N) is 2. The fraction of sp³-hybridized carbons (Fsp3) is 0.588. The summed E-state index contributed by atoms with van der Waals surface area (Å²) in [6.45, 7) is 8.11. The Bertz CT molecular complexity index is 642. The molecule has 1 aromatic rings. The maximum absolute atomic E-state index is 12.1. The van der Waals surface area contributed by atoms with Gasteiger partial charge in [0.15, 0.2) is 0 Å². The van der Waals surface area contributed by atoms with Gasteiger partial charge in [0.05, 0.1) is 6.10 Å². The number of ether oxygens (including phenoxy) is 1. The zero-order valence-electron chi connectivity index (χ0n) is 15.3. The van der Waals surface area contributed by atoms with Crippen LogP contribution in [0.4, 0.5) is 5.69 Å². The van der Waals surface area contributed by atoms with Gasteiger partial charge >= 0.3 is 0 Å². The first-order valence-electron chi connectivity index (χ1n) is 8.38. The number of nitrogens with two attached hydrogens (primary N) is 1. The molecule has 0 aliphatic heterocycles. The van der Waals surface area contributed by atoms with E-state index in [0.29, 0.717) is 23.8 Å². The highest BCUT2D eigenvalue weighted by Gasteiger charge is 2.19. The quantitative estimate of drug-likeness (QED) is 0.580. The molecule has 4 N–H and O–H groups in total. The van der Waals surface area contributed by atoms with Gasteiger partial charge in [-0.15, -0.1) is 0 Å². The molecule has 1 unspecified atom stereocenters. The lowest BCUT2D eigenvalue weighted by Crippen LogP contribution is -2.44. The van der Waals surface area contributed by atoms with Crippen LogP contribution in [-0.2, 0) is 14.8 Å². The molecule has 25 heavy (non-hydrogen) atoms. The topological polar surface area (TPSA) is 111 Å². The van der Waals surface area contributed by atoms with Crippen molar-refractivity contribution in [3.63, 3.8) is 0 Å². The standard InChI is InChI=1S/C17H29N3O4S/c1-12(2)9-15(10-18)19-17(21)11-25(22,23)20-14-5-7-16(8-6-14)24-13(3)4/h5-8,12-13,15,20H,9-11,18H2,1-4H3,(H,19,21). The Kier molecular flexibility index (Phi) is 8.18. The van der Waals surface area contributed by atoms with E-state index in [1.54, 1.807) is 24.3 Å². The first-order valence-corrected chi connectivity index (χ1v) is 10.0. The molecule has 0 fully saturated rings. The second-order valence-corrected chi connectivity index (χ2v) is 8.40. The average Bonchev–Trinajstić information content (AvgIpc) is 2.46. The van der Waals surface area contributed by atoms with E-state index in [9.17, 15) is 13.2 Å². The summed E-state index contributed by atoms with van der Waals surface area (Å²) < 4.78 is 32.1. The Balaban J connectivity index is 2.61. The molecule has 1 amide bonds. The second-order valence-electron chi connectivity index (χ2n) is 6.68. The smallest absolute Gasteiger partial charge is 0.241 e. The highest BCUT2D eigenvalue weighted by atomic mass is 32.2. The maximum Gasteiger partial charge on any atom is 0.241 e. The highest BCUT2D eigenvalue weighted by molar-refractivity contribution is 7.93. The van der Waals surface area contributed by atoms with Crippen LogP contribution in [-0.4, -0.2) is 38.8 Å².